The molecule has 1 heterocycles. The molecule has 3 N–H and O–H groups in total. The predicted octanol–water partition coefficient (Wildman–Crippen LogP) is 3.00. The molecule has 118 valence electrons. The molecule has 0 bridgehead atoms. The standard InChI is InChI=1S/C18H18FN3O/c19-17-7-6-13(8-15(17)12-23)10-20-11-16-9-18(22-21-16)14-4-2-1-3-5-14/h1-9,20,23H,10-12H2,(H,21,22). The summed E-state index contributed by atoms with van der Waals surface area (Å²) < 4.78 is 13.3. The lowest BCUT2D eigenvalue weighted by molar-refractivity contribution is 0.275. The van der Waals surface area contributed by atoms with Crippen molar-refractivity contribution in [2.24, 2.45) is 0 Å². The summed E-state index contributed by atoms with van der Waals surface area (Å²) in [5, 5.41) is 19.7. The van der Waals surface area contributed by atoms with Gasteiger partial charge < -0.3 is 10.4 Å². The SMILES string of the molecule is OCc1cc(CNCc2cc(-c3ccccc3)n[nH]2)ccc1F. The number of nitrogens with one attached hydrogen (secondary N) is 2. The van der Waals surface area contributed by atoms with Crippen LogP contribution in [0.4, 0.5) is 4.39 Å². The number of hydrogen-bond donors (Lipinski definition) is 3. The van der Waals surface area contributed by atoms with E-state index in [1.807, 2.05) is 36.4 Å². The van der Waals surface area contributed by atoms with Gasteiger partial charge in [0.25, 0.3) is 0 Å². The number of hydrogen-bond acceptors (Lipinski definition) is 3. The molecular formula is C18H18FN3O. The minimum absolute atomic E-state index is 0.291. The van der Waals surface area contributed by atoms with Gasteiger partial charge in [-0.2, -0.15) is 5.10 Å². The molecule has 3 aromatic rings. The molecule has 2 aromatic carbocycles. The van der Waals surface area contributed by atoms with Crippen LogP contribution in [0.1, 0.15) is 16.8 Å². The number of benzene rings is 2. The number of aliphatic hydroxyl groups is 1. The fraction of sp³-hybridized carbons (Fsp3) is 0.167. The number of halogens is 1. The predicted molar refractivity (Wildman–Crippen MR) is 86.9 cm³/mol. The Labute approximate surface area is 134 Å². The third kappa shape index (κ3) is 3.83. The van der Waals surface area contributed by atoms with Crippen molar-refractivity contribution in [2.75, 3.05) is 0 Å². The van der Waals surface area contributed by atoms with Crippen LogP contribution in [0.5, 0.6) is 0 Å². The smallest absolute Gasteiger partial charge is 0.128 e. The highest BCUT2D eigenvalue weighted by molar-refractivity contribution is 5.58. The molecule has 0 unspecified atom stereocenters. The molecule has 3 rings (SSSR count). The van der Waals surface area contributed by atoms with Crippen LogP contribution in [0.25, 0.3) is 11.3 Å². The molecule has 5 heteroatoms. The summed E-state index contributed by atoms with van der Waals surface area (Å²) in [6.07, 6.45) is 0. The van der Waals surface area contributed by atoms with Crippen LogP contribution in [-0.4, -0.2) is 15.3 Å². The van der Waals surface area contributed by atoms with Crippen LogP contribution in [0.2, 0.25) is 0 Å². The van der Waals surface area contributed by atoms with Crippen LogP contribution in [-0.2, 0) is 19.7 Å². The number of aromatic nitrogens is 2. The van der Waals surface area contributed by atoms with Crippen molar-refractivity contribution in [3.05, 3.63) is 77.2 Å². The molecule has 0 radical (unpaired) electrons. The van der Waals surface area contributed by atoms with Gasteiger partial charge in [-0.05, 0) is 23.8 Å². The maximum atomic E-state index is 13.3. The van der Waals surface area contributed by atoms with Crippen molar-refractivity contribution < 1.29 is 9.50 Å². The normalized spacial score (nSPS) is 10.9. The minimum Gasteiger partial charge on any atom is -0.392 e. The van der Waals surface area contributed by atoms with E-state index in [-0.39, 0.29) is 12.4 Å². The summed E-state index contributed by atoms with van der Waals surface area (Å²) in [6, 6.07) is 16.7. The summed E-state index contributed by atoms with van der Waals surface area (Å²) >= 11 is 0. The molecule has 0 saturated carbocycles. The Kier molecular flexibility index (Phi) is 4.80. The summed E-state index contributed by atoms with van der Waals surface area (Å²) in [5.41, 5.74) is 4.21. The van der Waals surface area contributed by atoms with Gasteiger partial charge in [-0.25, -0.2) is 4.39 Å². The average molecular weight is 311 g/mol. The Morgan fingerprint density at radius 3 is 2.65 bits per heavy atom. The highest BCUT2D eigenvalue weighted by Gasteiger charge is 2.05. The maximum Gasteiger partial charge on any atom is 0.128 e. The second kappa shape index (κ2) is 7.17. The molecule has 0 aliphatic rings. The second-order valence-electron chi connectivity index (χ2n) is 5.33. The van der Waals surface area contributed by atoms with Crippen LogP contribution in [0.15, 0.2) is 54.6 Å². The molecule has 1 aromatic heterocycles. The van der Waals surface area contributed by atoms with Gasteiger partial charge in [-0.15, -0.1) is 0 Å². The van der Waals surface area contributed by atoms with E-state index in [1.165, 1.54) is 6.07 Å². The van der Waals surface area contributed by atoms with Gasteiger partial charge >= 0.3 is 0 Å². The van der Waals surface area contributed by atoms with Crippen LogP contribution >= 0.6 is 0 Å². The first-order valence-corrected chi connectivity index (χ1v) is 7.45. The summed E-state index contributed by atoms with van der Waals surface area (Å²) in [6.45, 7) is 0.930. The van der Waals surface area contributed by atoms with Crippen molar-refractivity contribution in [1.82, 2.24) is 15.5 Å². The number of rotatable bonds is 6. The Balaban J connectivity index is 1.58. The first-order chi connectivity index (χ1) is 11.3. The van der Waals surface area contributed by atoms with E-state index in [9.17, 15) is 4.39 Å². The van der Waals surface area contributed by atoms with E-state index in [4.69, 9.17) is 5.11 Å². The molecule has 4 nitrogen and oxygen atoms in total. The van der Waals surface area contributed by atoms with E-state index >= 15 is 0 Å². The van der Waals surface area contributed by atoms with Crippen molar-refractivity contribution in [1.29, 1.82) is 0 Å². The first kappa shape index (κ1) is 15.4. The summed E-state index contributed by atoms with van der Waals surface area (Å²) in [5.74, 6) is -0.377. The zero-order valence-electron chi connectivity index (χ0n) is 12.6. The highest BCUT2D eigenvalue weighted by Crippen LogP contribution is 2.17. The summed E-state index contributed by atoms with van der Waals surface area (Å²) in [7, 11) is 0. The van der Waals surface area contributed by atoms with Crippen molar-refractivity contribution in [2.45, 2.75) is 19.7 Å². The van der Waals surface area contributed by atoms with Crippen molar-refractivity contribution in [3.63, 3.8) is 0 Å². The fourth-order valence-corrected chi connectivity index (χ4v) is 2.41. The van der Waals surface area contributed by atoms with Crippen molar-refractivity contribution >= 4 is 0 Å². The zero-order chi connectivity index (χ0) is 16.1. The first-order valence-electron chi connectivity index (χ1n) is 7.45. The van der Waals surface area contributed by atoms with E-state index in [0.29, 0.717) is 18.7 Å². The summed E-state index contributed by atoms with van der Waals surface area (Å²) in [4.78, 5) is 0. The van der Waals surface area contributed by atoms with Gasteiger partial charge in [0.1, 0.15) is 5.82 Å². The Morgan fingerprint density at radius 2 is 1.87 bits per heavy atom. The lowest BCUT2D eigenvalue weighted by atomic mass is 10.1. The van der Waals surface area contributed by atoms with E-state index < -0.39 is 0 Å². The molecule has 0 fully saturated rings. The van der Waals surface area contributed by atoms with Crippen LogP contribution in [0.3, 0.4) is 0 Å². The molecule has 0 spiro atoms. The highest BCUT2D eigenvalue weighted by atomic mass is 19.1. The molecule has 0 aliphatic heterocycles. The minimum atomic E-state index is -0.377. The number of aliphatic hydroxyl groups excluding tert-OH is 1. The molecule has 0 aliphatic carbocycles. The quantitative estimate of drug-likeness (QED) is 0.656. The zero-order valence-corrected chi connectivity index (χ0v) is 12.6. The molecule has 0 amide bonds. The van der Waals surface area contributed by atoms with Gasteiger partial charge in [0.15, 0.2) is 0 Å². The molecule has 0 saturated heterocycles. The van der Waals surface area contributed by atoms with Gasteiger partial charge in [0.2, 0.25) is 0 Å². The van der Waals surface area contributed by atoms with E-state index in [1.54, 1.807) is 12.1 Å². The lowest BCUT2D eigenvalue weighted by Crippen LogP contribution is -2.13. The largest absolute Gasteiger partial charge is 0.392 e. The van der Waals surface area contributed by atoms with Crippen molar-refractivity contribution in [3.8, 4) is 11.3 Å². The third-order valence-electron chi connectivity index (χ3n) is 3.63. The van der Waals surface area contributed by atoms with E-state index in [2.05, 4.69) is 15.5 Å². The number of nitrogens with zero attached hydrogens (tertiary/aromatic N) is 1. The lowest BCUT2D eigenvalue weighted by Gasteiger charge is -2.06. The fourth-order valence-electron chi connectivity index (χ4n) is 2.41. The Morgan fingerprint density at radius 1 is 1.04 bits per heavy atom. The monoisotopic (exact) mass is 311 g/mol. The second-order valence-corrected chi connectivity index (χ2v) is 5.33. The Hall–Kier alpha value is -2.50. The molecular weight excluding hydrogens is 293 g/mol. The topological polar surface area (TPSA) is 60.9 Å². The maximum absolute atomic E-state index is 13.3. The number of H-pyrrole nitrogens is 1. The van der Waals surface area contributed by atoms with E-state index in [0.717, 1.165) is 22.5 Å². The van der Waals surface area contributed by atoms with Crippen LogP contribution < -0.4 is 5.32 Å². The van der Waals surface area contributed by atoms with Crippen LogP contribution in [0, 0.1) is 5.82 Å². The molecule has 23 heavy (non-hydrogen) atoms. The average Bonchev–Trinajstić information content (AvgIpc) is 3.06. The molecule has 0 atom stereocenters. The van der Waals surface area contributed by atoms with Gasteiger partial charge in [-0.3, -0.25) is 5.10 Å². The van der Waals surface area contributed by atoms with Gasteiger partial charge in [0.05, 0.1) is 12.3 Å². The number of aromatic amines is 1. The third-order valence-corrected chi connectivity index (χ3v) is 3.63. The van der Waals surface area contributed by atoms with Gasteiger partial charge in [0, 0.05) is 29.9 Å². The van der Waals surface area contributed by atoms with Gasteiger partial charge in [-0.1, -0.05) is 36.4 Å². The Bertz CT molecular complexity index is 771.